The van der Waals surface area contributed by atoms with Crippen molar-refractivity contribution in [2.24, 2.45) is 0 Å². The number of benzene rings is 1. The number of amides is 1. The molecule has 0 fully saturated rings. The summed E-state index contributed by atoms with van der Waals surface area (Å²) in [6.45, 7) is 4.02. The van der Waals surface area contributed by atoms with Crippen LogP contribution in [0, 0.1) is 6.92 Å². The standard InChI is InChI=1S/C16H18N2O/c1-3-13-7-9-14(10-8-13)11-16(19)18-15-6-4-5-12(2)17-15/h4-10H,3,11H2,1-2H3,(H,17,18,19). The highest BCUT2D eigenvalue weighted by molar-refractivity contribution is 5.91. The SMILES string of the molecule is CCc1ccc(CC(=O)Nc2cccc(C)n2)cc1. The van der Waals surface area contributed by atoms with E-state index < -0.39 is 0 Å². The predicted octanol–water partition coefficient (Wildman–Crippen LogP) is 3.13. The molecule has 1 amide bonds. The summed E-state index contributed by atoms with van der Waals surface area (Å²) in [6.07, 6.45) is 1.39. The van der Waals surface area contributed by atoms with Gasteiger partial charge in [-0.15, -0.1) is 0 Å². The first-order valence-electron chi connectivity index (χ1n) is 6.48. The highest BCUT2D eigenvalue weighted by Gasteiger charge is 2.05. The lowest BCUT2D eigenvalue weighted by atomic mass is 10.1. The van der Waals surface area contributed by atoms with Crippen molar-refractivity contribution in [1.82, 2.24) is 4.98 Å². The fourth-order valence-electron chi connectivity index (χ4n) is 1.88. The van der Waals surface area contributed by atoms with Gasteiger partial charge in [0.25, 0.3) is 0 Å². The highest BCUT2D eigenvalue weighted by Crippen LogP contribution is 2.08. The van der Waals surface area contributed by atoms with Crippen LogP contribution in [0.4, 0.5) is 5.82 Å². The van der Waals surface area contributed by atoms with Crippen molar-refractivity contribution in [2.45, 2.75) is 26.7 Å². The van der Waals surface area contributed by atoms with Gasteiger partial charge in [-0.05, 0) is 36.6 Å². The summed E-state index contributed by atoms with van der Waals surface area (Å²) in [5, 5.41) is 2.81. The Kier molecular flexibility index (Phi) is 4.29. The van der Waals surface area contributed by atoms with E-state index in [9.17, 15) is 4.79 Å². The molecule has 0 saturated carbocycles. The van der Waals surface area contributed by atoms with Gasteiger partial charge in [0.2, 0.25) is 5.91 Å². The molecule has 2 rings (SSSR count). The van der Waals surface area contributed by atoms with Gasteiger partial charge in [-0.25, -0.2) is 4.98 Å². The minimum absolute atomic E-state index is 0.0395. The lowest BCUT2D eigenvalue weighted by molar-refractivity contribution is -0.115. The minimum atomic E-state index is -0.0395. The van der Waals surface area contributed by atoms with Gasteiger partial charge >= 0.3 is 0 Å². The van der Waals surface area contributed by atoms with Crippen LogP contribution in [0.3, 0.4) is 0 Å². The molecule has 0 atom stereocenters. The summed E-state index contributed by atoms with van der Waals surface area (Å²) >= 11 is 0. The van der Waals surface area contributed by atoms with Crippen LogP contribution in [0.2, 0.25) is 0 Å². The summed E-state index contributed by atoms with van der Waals surface area (Å²) in [4.78, 5) is 16.1. The molecule has 0 saturated heterocycles. The van der Waals surface area contributed by atoms with Gasteiger partial charge in [0.15, 0.2) is 0 Å². The number of carbonyl (C=O) groups is 1. The fraction of sp³-hybridized carbons (Fsp3) is 0.250. The quantitative estimate of drug-likeness (QED) is 0.910. The molecule has 1 aromatic carbocycles. The first kappa shape index (κ1) is 13.3. The molecular formula is C16H18N2O. The number of carbonyl (C=O) groups excluding carboxylic acids is 1. The van der Waals surface area contributed by atoms with E-state index in [1.54, 1.807) is 6.07 Å². The molecule has 1 heterocycles. The lowest BCUT2D eigenvalue weighted by Crippen LogP contribution is -2.15. The topological polar surface area (TPSA) is 42.0 Å². The molecule has 0 aliphatic rings. The molecular weight excluding hydrogens is 236 g/mol. The van der Waals surface area contributed by atoms with Gasteiger partial charge in [-0.1, -0.05) is 37.3 Å². The molecule has 0 radical (unpaired) electrons. The largest absolute Gasteiger partial charge is 0.310 e. The van der Waals surface area contributed by atoms with Crippen molar-refractivity contribution in [1.29, 1.82) is 0 Å². The zero-order chi connectivity index (χ0) is 13.7. The molecule has 3 heteroatoms. The van der Waals surface area contributed by atoms with Crippen LogP contribution in [0.25, 0.3) is 0 Å². The molecule has 98 valence electrons. The first-order valence-corrected chi connectivity index (χ1v) is 6.48. The number of anilines is 1. The number of aryl methyl sites for hydroxylation is 2. The Balaban J connectivity index is 1.97. The Hall–Kier alpha value is -2.16. The molecule has 19 heavy (non-hydrogen) atoms. The van der Waals surface area contributed by atoms with Gasteiger partial charge in [0.05, 0.1) is 6.42 Å². The van der Waals surface area contributed by atoms with E-state index in [1.807, 2.05) is 31.2 Å². The van der Waals surface area contributed by atoms with Gasteiger partial charge < -0.3 is 5.32 Å². The normalized spacial score (nSPS) is 10.2. The first-order chi connectivity index (χ1) is 9.17. The van der Waals surface area contributed by atoms with Crippen LogP contribution in [0.1, 0.15) is 23.7 Å². The van der Waals surface area contributed by atoms with Crippen molar-refractivity contribution in [3.05, 3.63) is 59.3 Å². The molecule has 0 bridgehead atoms. The Labute approximate surface area is 113 Å². The fourth-order valence-corrected chi connectivity index (χ4v) is 1.88. The van der Waals surface area contributed by atoms with Crippen LogP contribution >= 0.6 is 0 Å². The zero-order valence-electron chi connectivity index (χ0n) is 11.3. The van der Waals surface area contributed by atoms with Gasteiger partial charge in [-0.2, -0.15) is 0 Å². The highest BCUT2D eigenvalue weighted by atomic mass is 16.1. The van der Waals surface area contributed by atoms with Crippen LogP contribution in [0.15, 0.2) is 42.5 Å². The molecule has 2 aromatic rings. The number of nitrogens with one attached hydrogen (secondary N) is 1. The van der Waals surface area contributed by atoms with Crippen LogP contribution in [0.5, 0.6) is 0 Å². The number of rotatable bonds is 4. The van der Waals surface area contributed by atoms with E-state index >= 15 is 0 Å². The molecule has 0 aliphatic carbocycles. The van der Waals surface area contributed by atoms with E-state index in [2.05, 4.69) is 29.4 Å². The van der Waals surface area contributed by atoms with Crippen molar-refractivity contribution >= 4 is 11.7 Å². The van der Waals surface area contributed by atoms with Gasteiger partial charge in [0.1, 0.15) is 5.82 Å². The summed E-state index contributed by atoms with van der Waals surface area (Å²) < 4.78 is 0. The van der Waals surface area contributed by atoms with Gasteiger partial charge in [0, 0.05) is 5.69 Å². The maximum Gasteiger partial charge on any atom is 0.229 e. The van der Waals surface area contributed by atoms with Gasteiger partial charge in [-0.3, -0.25) is 4.79 Å². The maximum atomic E-state index is 11.9. The second kappa shape index (κ2) is 6.14. The molecule has 3 nitrogen and oxygen atoms in total. The molecule has 0 spiro atoms. The molecule has 1 N–H and O–H groups in total. The molecule has 0 unspecified atom stereocenters. The Morgan fingerprint density at radius 3 is 2.42 bits per heavy atom. The van der Waals surface area contributed by atoms with Crippen molar-refractivity contribution < 1.29 is 4.79 Å². The van der Waals surface area contributed by atoms with Crippen molar-refractivity contribution in [3.63, 3.8) is 0 Å². The van der Waals surface area contributed by atoms with E-state index in [0.29, 0.717) is 12.2 Å². The summed E-state index contributed by atoms with van der Waals surface area (Å²) in [5.41, 5.74) is 3.19. The maximum absolute atomic E-state index is 11.9. The monoisotopic (exact) mass is 254 g/mol. The van der Waals surface area contributed by atoms with Crippen LogP contribution in [-0.4, -0.2) is 10.9 Å². The Morgan fingerprint density at radius 1 is 1.11 bits per heavy atom. The lowest BCUT2D eigenvalue weighted by Gasteiger charge is -2.05. The Morgan fingerprint density at radius 2 is 1.79 bits per heavy atom. The number of hydrogen-bond acceptors (Lipinski definition) is 2. The second-order valence-corrected chi connectivity index (χ2v) is 4.56. The summed E-state index contributed by atoms with van der Waals surface area (Å²) in [6, 6.07) is 13.7. The average molecular weight is 254 g/mol. The van der Waals surface area contributed by atoms with Crippen LogP contribution in [-0.2, 0) is 17.6 Å². The van der Waals surface area contributed by atoms with E-state index in [1.165, 1.54) is 5.56 Å². The third-order valence-electron chi connectivity index (χ3n) is 2.95. The third kappa shape index (κ3) is 3.91. The Bertz CT molecular complexity index is 561. The number of hydrogen-bond donors (Lipinski definition) is 1. The average Bonchev–Trinajstić information content (AvgIpc) is 2.39. The van der Waals surface area contributed by atoms with E-state index in [4.69, 9.17) is 0 Å². The summed E-state index contributed by atoms with van der Waals surface area (Å²) in [7, 11) is 0. The van der Waals surface area contributed by atoms with Crippen LogP contribution < -0.4 is 5.32 Å². The second-order valence-electron chi connectivity index (χ2n) is 4.56. The summed E-state index contributed by atoms with van der Waals surface area (Å²) in [5.74, 6) is 0.567. The third-order valence-corrected chi connectivity index (χ3v) is 2.95. The number of nitrogens with zero attached hydrogens (tertiary/aromatic N) is 1. The minimum Gasteiger partial charge on any atom is -0.310 e. The molecule has 0 aliphatic heterocycles. The van der Waals surface area contributed by atoms with Crippen molar-refractivity contribution in [3.8, 4) is 0 Å². The molecule has 1 aromatic heterocycles. The zero-order valence-corrected chi connectivity index (χ0v) is 11.3. The number of aromatic nitrogens is 1. The van der Waals surface area contributed by atoms with Crippen molar-refractivity contribution in [2.75, 3.05) is 5.32 Å². The number of pyridine rings is 1. The predicted molar refractivity (Wildman–Crippen MR) is 77.1 cm³/mol. The van der Waals surface area contributed by atoms with E-state index in [-0.39, 0.29) is 5.91 Å². The van der Waals surface area contributed by atoms with E-state index in [0.717, 1.165) is 17.7 Å². The smallest absolute Gasteiger partial charge is 0.229 e.